The molecule has 2 heterocycles. The molecule has 30 heavy (non-hydrogen) atoms. The number of carbonyl (C=O) groups excluding carboxylic acids is 3. The highest BCUT2D eigenvalue weighted by atomic mass is 16.6. The topological polar surface area (TPSA) is 131 Å². The first-order valence-electron chi connectivity index (χ1n) is 9.71. The molecular weight excluding hydrogens is 390 g/mol. The SMILES string of the molecule is CC(C)(C)OC(=O)NCCNc1cccc2c(=O)n(C3CCC(=O)NC3=O)ncc12. The zero-order valence-corrected chi connectivity index (χ0v) is 17.2. The molecule has 1 unspecified atom stereocenters. The first-order chi connectivity index (χ1) is 14.2. The van der Waals surface area contributed by atoms with Crippen molar-refractivity contribution in [2.45, 2.75) is 45.3 Å². The summed E-state index contributed by atoms with van der Waals surface area (Å²) in [5.74, 6) is -0.876. The predicted molar refractivity (Wildman–Crippen MR) is 110 cm³/mol. The Morgan fingerprint density at radius 1 is 1.23 bits per heavy atom. The minimum atomic E-state index is -0.811. The average molecular weight is 415 g/mol. The van der Waals surface area contributed by atoms with Gasteiger partial charge < -0.3 is 15.4 Å². The summed E-state index contributed by atoms with van der Waals surface area (Å²) in [4.78, 5) is 48.0. The lowest BCUT2D eigenvalue weighted by atomic mass is 10.1. The van der Waals surface area contributed by atoms with Crippen LogP contribution in [0.4, 0.5) is 10.5 Å². The normalized spacial score (nSPS) is 16.8. The molecule has 3 amide bonds. The van der Waals surface area contributed by atoms with Crippen LogP contribution in [0.1, 0.15) is 39.7 Å². The summed E-state index contributed by atoms with van der Waals surface area (Å²) in [6, 6.07) is 4.37. The van der Waals surface area contributed by atoms with Crippen LogP contribution in [0.15, 0.2) is 29.2 Å². The maximum atomic E-state index is 12.9. The molecule has 0 saturated carbocycles. The fourth-order valence-corrected chi connectivity index (χ4v) is 3.15. The van der Waals surface area contributed by atoms with Gasteiger partial charge in [0, 0.05) is 30.6 Å². The first-order valence-corrected chi connectivity index (χ1v) is 9.71. The molecule has 2 aromatic rings. The number of amides is 3. The fourth-order valence-electron chi connectivity index (χ4n) is 3.15. The standard InChI is InChI=1S/C20H25N5O5/c1-20(2,3)30-19(29)22-10-9-21-14-6-4-5-12-13(14)11-23-25(18(12)28)15-7-8-16(26)24-17(15)27/h4-6,11,15,21H,7-10H2,1-3H3,(H,22,29)(H,24,26,27). The number of anilines is 1. The van der Waals surface area contributed by atoms with Crippen LogP contribution < -0.4 is 21.5 Å². The van der Waals surface area contributed by atoms with E-state index >= 15 is 0 Å². The third-order valence-corrected chi connectivity index (χ3v) is 4.47. The van der Waals surface area contributed by atoms with E-state index < -0.39 is 29.2 Å². The average Bonchev–Trinajstić information content (AvgIpc) is 2.65. The van der Waals surface area contributed by atoms with Crippen molar-refractivity contribution in [3.63, 3.8) is 0 Å². The molecule has 1 atom stereocenters. The van der Waals surface area contributed by atoms with E-state index in [1.165, 1.54) is 6.20 Å². The summed E-state index contributed by atoms with van der Waals surface area (Å²) in [5.41, 5.74) is -0.294. The van der Waals surface area contributed by atoms with Crippen molar-refractivity contribution < 1.29 is 19.1 Å². The van der Waals surface area contributed by atoms with E-state index in [0.29, 0.717) is 29.5 Å². The Morgan fingerprint density at radius 2 is 2.00 bits per heavy atom. The number of aromatic nitrogens is 2. The van der Waals surface area contributed by atoms with Gasteiger partial charge in [0.05, 0.1) is 11.6 Å². The maximum absolute atomic E-state index is 12.9. The van der Waals surface area contributed by atoms with E-state index in [-0.39, 0.29) is 18.7 Å². The monoisotopic (exact) mass is 415 g/mol. The summed E-state index contributed by atoms with van der Waals surface area (Å²) >= 11 is 0. The summed E-state index contributed by atoms with van der Waals surface area (Å²) in [6.45, 7) is 6.10. The number of hydrogen-bond acceptors (Lipinski definition) is 7. The maximum Gasteiger partial charge on any atom is 0.407 e. The van der Waals surface area contributed by atoms with Gasteiger partial charge in [-0.05, 0) is 39.3 Å². The van der Waals surface area contributed by atoms with Gasteiger partial charge in [0.15, 0.2) is 0 Å². The van der Waals surface area contributed by atoms with E-state index in [1.54, 1.807) is 39.0 Å². The van der Waals surface area contributed by atoms with Gasteiger partial charge in [-0.15, -0.1) is 0 Å². The number of benzene rings is 1. The number of alkyl carbamates (subject to hydrolysis) is 1. The number of piperidine rings is 1. The van der Waals surface area contributed by atoms with Crippen LogP contribution in [0.3, 0.4) is 0 Å². The number of ether oxygens (including phenoxy) is 1. The number of fused-ring (bicyclic) bond motifs is 1. The zero-order valence-electron chi connectivity index (χ0n) is 17.2. The highest BCUT2D eigenvalue weighted by Crippen LogP contribution is 2.22. The molecule has 0 bridgehead atoms. The van der Waals surface area contributed by atoms with Crippen molar-refractivity contribution >= 4 is 34.4 Å². The quantitative estimate of drug-likeness (QED) is 0.496. The second-order valence-corrected chi connectivity index (χ2v) is 7.98. The fraction of sp³-hybridized carbons (Fsp3) is 0.450. The highest BCUT2D eigenvalue weighted by molar-refractivity contribution is 5.99. The number of carbonyl (C=O) groups is 3. The Morgan fingerprint density at radius 3 is 2.70 bits per heavy atom. The zero-order chi connectivity index (χ0) is 21.9. The highest BCUT2D eigenvalue weighted by Gasteiger charge is 2.30. The van der Waals surface area contributed by atoms with Gasteiger partial charge in [0.25, 0.3) is 11.5 Å². The van der Waals surface area contributed by atoms with Crippen LogP contribution in [-0.4, -0.2) is 46.4 Å². The second-order valence-electron chi connectivity index (χ2n) is 7.98. The Balaban J connectivity index is 1.71. The molecule has 1 aromatic heterocycles. The molecule has 1 fully saturated rings. The van der Waals surface area contributed by atoms with E-state index in [4.69, 9.17) is 4.74 Å². The third kappa shape index (κ3) is 4.94. The van der Waals surface area contributed by atoms with Crippen molar-refractivity contribution in [2.75, 3.05) is 18.4 Å². The van der Waals surface area contributed by atoms with Gasteiger partial charge in [-0.25, -0.2) is 9.48 Å². The van der Waals surface area contributed by atoms with Crippen molar-refractivity contribution in [1.29, 1.82) is 0 Å². The molecule has 0 aliphatic carbocycles. The van der Waals surface area contributed by atoms with Crippen molar-refractivity contribution in [3.8, 4) is 0 Å². The molecule has 0 radical (unpaired) electrons. The third-order valence-electron chi connectivity index (χ3n) is 4.47. The molecule has 10 heteroatoms. The second kappa shape index (κ2) is 8.52. The minimum absolute atomic E-state index is 0.162. The lowest BCUT2D eigenvalue weighted by Crippen LogP contribution is -2.45. The lowest BCUT2D eigenvalue weighted by molar-refractivity contribution is -0.136. The summed E-state index contributed by atoms with van der Waals surface area (Å²) < 4.78 is 6.30. The minimum Gasteiger partial charge on any atom is -0.444 e. The molecule has 3 rings (SSSR count). The Hall–Kier alpha value is -3.43. The van der Waals surface area contributed by atoms with Gasteiger partial charge in [-0.2, -0.15) is 5.10 Å². The number of nitrogens with one attached hydrogen (secondary N) is 3. The smallest absolute Gasteiger partial charge is 0.407 e. The van der Waals surface area contributed by atoms with E-state index in [1.807, 2.05) is 0 Å². The van der Waals surface area contributed by atoms with E-state index in [0.717, 1.165) is 4.68 Å². The first kappa shape index (κ1) is 21.3. The Bertz CT molecular complexity index is 1040. The molecule has 1 aromatic carbocycles. The predicted octanol–water partition coefficient (Wildman–Crippen LogP) is 1.31. The van der Waals surface area contributed by atoms with Crippen LogP contribution in [0.25, 0.3) is 10.8 Å². The Kier molecular flexibility index (Phi) is 6.04. The van der Waals surface area contributed by atoms with Crippen molar-refractivity contribution in [1.82, 2.24) is 20.4 Å². The largest absolute Gasteiger partial charge is 0.444 e. The van der Waals surface area contributed by atoms with Gasteiger partial charge in [-0.3, -0.25) is 19.7 Å². The van der Waals surface area contributed by atoms with Gasteiger partial charge >= 0.3 is 6.09 Å². The van der Waals surface area contributed by atoms with Gasteiger partial charge in [0.2, 0.25) is 5.91 Å². The van der Waals surface area contributed by atoms with Crippen LogP contribution in [-0.2, 0) is 14.3 Å². The molecule has 1 aliphatic rings. The van der Waals surface area contributed by atoms with Gasteiger partial charge in [-0.1, -0.05) is 6.07 Å². The summed E-state index contributed by atoms with van der Waals surface area (Å²) in [6.07, 6.45) is 1.41. The van der Waals surface area contributed by atoms with Crippen molar-refractivity contribution in [2.24, 2.45) is 0 Å². The molecule has 3 N–H and O–H groups in total. The molecule has 160 valence electrons. The van der Waals surface area contributed by atoms with Crippen LogP contribution in [0.2, 0.25) is 0 Å². The van der Waals surface area contributed by atoms with Crippen LogP contribution in [0.5, 0.6) is 0 Å². The Labute approximate surface area is 173 Å². The molecule has 1 saturated heterocycles. The number of hydrogen-bond donors (Lipinski definition) is 3. The molecule has 1 aliphatic heterocycles. The number of rotatable bonds is 5. The van der Waals surface area contributed by atoms with Crippen LogP contribution in [0, 0.1) is 0 Å². The van der Waals surface area contributed by atoms with E-state index in [2.05, 4.69) is 21.0 Å². The molecular formula is C20H25N5O5. The molecule has 0 spiro atoms. The summed E-state index contributed by atoms with van der Waals surface area (Å²) in [5, 5.41) is 13.2. The van der Waals surface area contributed by atoms with Crippen molar-refractivity contribution in [3.05, 3.63) is 34.7 Å². The number of imide groups is 1. The number of nitrogens with zero attached hydrogens (tertiary/aromatic N) is 2. The molecule has 10 nitrogen and oxygen atoms in total. The summed E-state index contributed by atoms with van der Waals surface area (Å²) in [7, 11) is 0. The van der Waals surface area contributed by atoms with Crippen LogP contribution >= 0.6 is 0 Å². The van der Waals surface area contributed by atoms with E-state index in [9.17, 15) is 19.2 Å². The van der Waals surface area contributed by atoms with Gasteiger partial charge in [0.1, 0.15) is 11.6 Å². The lowest BCUT2D eigenvalue weighted by Gasteiger charge is -2.22.